The van der Waals surface area contributed by atoms with E-state index in [-0.39, 0.29) is 5.91 Å². The van der Waals surface area contributed by atoms with Crippen LogP contribution in [0.25, 0.3) is 0 Å². The second kappa shape index (κ2) is 5.92. The summed E-state index contributed by atoms with van der Waals surface area (Å²) >= 11 is 4.23. The van der Waals surface area contributed by atoms with Gasteiger partial charge in [0.15, 0.2) is 0 Å². The number of allylic oxidation sites excluding steroid dienone is 2. The summed E-state index contributed by atoms with van der Waals surface area (Å²) in [6.45, 7) is 0.764. The van der Waals surface area contributed by atoms with E-state index in [9.17, 15) is 4.79 Å². The van der Waals surface area contributed by atoms with E-state index in [1.54, 1.807) is 6.07 Å². The van der Waals surface area contributed by atoms with Crippen molar-refractivity contribution in [3.8, 4) is 0 Å². The molecule has 0 saturated carbocycles. The van der Waals surface area contributed by atoms with Crippen molar-refractivity contribution in [2.75, 3.05) is 6.54 Å². The van der Waals surface area contributed by atoms with Gasteiger partial charge in [-0.1, -0.05) is 18.2 Å². The summed E-state index contributed by atoms with van der Waals surface area (Å²) in [4.78, 5) is 12.7. The average molecular weight is 247 g/mol. The maximum absolute atomic E-state index is 11.9. The highest BCUT2D eigenvalue weighted by atomic mass is 32.1. The summed E-state index contributed by atoms with van der Waals surface area (Å²) in [5.74, 6) is 0.582. The summed E-state index contributed by atoms with van der Waals surface area (Å²) < 4.78 is 0. The molecule has 0 aromatic heterocycles. The summed E-state index contributed by atoms with van der Waals surface area (Å²) in [6, 6.07) is 7.32. The first kappa shape index (κ1) is 12.2. The minimum Gasteiger partial charge on any atom is -0.352 e. The molecule has 1 N–H and O–H groups in total. The number of nitrogens with one attached hydrogen (secondary N) is 1. The van der Waals surface area contributed by atoms with Crippen molar-refractivity contribution >= 4 is 18.5 Å². The lowest BCUT2D eigenvalue weighted by Gasteiger charge is -2.18. The van der Waals surface area contributed by atoms with Gasteiger partial charge in [0, 0.05) is 17.0 Å². The van der Waals surface area contributed by atoms with Gasteiger partial charge in [-0.05, 0) is 43.4 Å². The lowest BCUT2D eigenvalue weighted by atomic mass is 9.94. The first-order valence-corrected chi connectivity index (χ1v) is 6.42. The van der Waals surface area contributed by atoms with Crippen molar-refractivity contribution < 1.29 is 4.79 Å². The van der Waals surface area contributed by atoms with Gasteiger partial charge in [-0.15, -0.1) is 12.6 Å². The van der Waals surface area contributed by atoms with E-state index in [2.05, 4.69) is 30.1 Å². The van der Waals surface area contributed by atoms with Gasteiger partial charge in [0.05, 0.1) is 0 Å². The number of carbonyl (C=O) groups excluding carboxylic acids is 1. The summed E-state index contributed by atoms with van der Waals surface area (Å²) in [6.07, 6.45) is 7.79. The molecule has 0 fully saturated rings. The fourth-order valence-electron chi connectivity index (χ4n) is 2.03. The normalized spacial score (nSPS) is 19.0. The highest BCUT2D eigenvalue weighted by Gasteiger charge is 2.12. The van der Waals surface area contributed by atoms with Gasteiger partial charge < -0.3 is 5.32 Å². The molecule has 2 nitrogen and oxygen atoms in total. The highest BCUT2D eigenvalue weighted by molar-refractivity contribution is 7.80. The third-order valence-electron chi connectivity index (χ3n) is 3.04. The first-order chi connectivity index (χ1) is 8.25. The van der Waals surface area contributed by atoms with E-state index in [1.807, 2.05) is 18.2 Å². The number of hydrogen-bond acceptors (Lipinski definition) is 2. The van der Waals surface area contributed by atoms with E-state index in [1.165, 1.54) is 6.42 Å². The zero-order valence-corrected chi connectivity index (χ0v) is 10.6. The molecule has 0 radical (unpaired) electrons. The molecule has 1 aliphatic rings. The fraction of sp³-hybridized carbons (Fsp3) is 0.357. The molecule has 1 aliphatic carbocycles. The molecule has 0 saturated heterocycles. The zero-order valence-electron chi connectivity index (χ0n) is 9.73. The molecule has 17 heavy (non-hydrogen) atoms. The monoisotopic (exact) mass is 247 g/mol. The van der Waals surface area contributed by atoms with Crippen molar-refractivity contribution in [2.45, 2.75) is 24.2 Å². The molecule has 0 bridgehead atoms. The van der Waals surface area contributed by atoms with Crippen LogP contribution in [-0.2, 0) is 0 Å². The second-order valence-corrected chi connectivity index (χ2v) is 4.93. The Balaban J connectivity index is 1.87. The van der Waals surface area contributed by atoms with Crippen LogP contribution in [0.15, 0.2) is 41.3 Å². The maximum Gasteiger partial charge on any atom is 0.251 e. The molecular formula is C14H17NOS. The Labute approximate surface area is 108 Å². The van der Waals surface area contributed by atoms with Crippen molar-refractivity contribution in [1.29, 1.82) is 0 Å². The number of rotatable bonds is 3. The van der Waals surface area contributed by atoms with E-state index in [0.717, 1.165) is 24.3 Å². The maximum atomic E-state index is 11.9. The molecule has 0 heterocycles. The molecule has 1 atom stereocenters. The summed E-state index contributed by atoms with van der Waals surface area (Å²) in [5, 5.41) is 2.99. The van der Waals surface area contributed by atoms with Crippen molar-refractivity contribution in [2.24, 2.45) is 5.92 Å². The van der Waals surface area contributed by atoms with Crippen LogP contribution in [0.1, 0.15) is 29.6 Å². The molecule has 2 rings (SSSR count). The summed E-state index contributed by atoms with van der Waals surface area (Å²) in [5.41, 5.74) is 0.684. The van der Waals surface area contributed by atoms with Crippen LogP contribution in [0.4, 0.5) is 0 Å². The number of hydrogen-bond donors (Lipinski definition) is 2. The highest BCUT2D eigenvalue weighted by Crippen LogP contribution is 2.17. The Kier molecular flexibility index (Phi) is 4.26. The Morgan fingerprint density at radius 2 is 2.29 bits per heavy atom. The van der Waals surface area contributed by atoms with Crippen LogP contribution in [-0.4, -0.2) is 12.5 Å². The Morgan fingerprint density at radius 3 is 3.00 bits per heavy atom. The topological polar surface area (TPSA) is 29.1 Å². The molecule has 1 aromatic carbocycles. The van der Waals surface area contributed by atoms with Gasteiger partial charge in [0.2, 0.25) is 0 Å². The zero-order chi connectivity index (χ0) is 12.1. The molecule has 1 unspecified atom stereocenters. The first-order valence-electron chi connectivity index (χ1n) is 5.98. The van der Waals surface area contributed by atoms with Crippen LogP contribution < -0.4 is 5.32 Å². The Bertz CT molecular complexity index is 428. The summed E-state index contributed by atoms with van der Waals surface area (Å²) in [7, 11) is 0. The molecule has 90 valence electrons. The van der Waals surface area contributed by atoms with Crippen molar-refractivity contribution in [3.05, 3.63) is 42.0 Å². The molecule has 1 aromatic rings. The van der Waals surface area contributed by atoms with Gasteiger partial charge in [0.25, 0.3) is 5.91 Å². The quantitative estimate of drug-likeness (QED) is 0.624. The van der Waals surface area contributed by atoms with E-state index in [4.69, 9.17) is 0 Å². The average Bonchev–Trinajstić information content (AvgIpc) is 2.37. The fourth-order valence-corrected chi connectivity index (χ4v) is 2.25. The predicted molar refractivity (Wildman–Crippen MR) is 72.5 cm³/mol. The Morgan fingerprint density at radius 1 is 1.41 bits per heavy atom. The van der Waals surface area contributed by atoms with Crippen LogP contribution >= 0.6 is 12.6 Å². The largest absolute Gasteiger partial charge is 0.352 e. The molecular weight excluding hydrogens is 230 g/mol. The van der Waals surface area contributed by atoms with Gasteiger partial charge in [0.1, 0.15) is 0 Å². The minimum atomic E-state index is -0.00421. The van der Waals surface area contributed by atoms with Crippen molar-refractivity contribution in [1.82, 2.24) is 5.32 Å². The third-order valence-corrected chi connectivity index (χ3v) is 3.32. The van der Waals surface area contributed by atoms with Crippen LogP contribution in [0.2, 0.25) is 0 Å². The number of amides is 1. The lowest BCUT2D eigenvalue weighted by Crippen LogP contribution is -2.29. The molecule has 3 heteroatoms. The number of benzene rings is 1. The number of thiol groups is 1. The van der Waals surface area contributed by atoms with Gasteiger partial charge in [-0.25, -0.2) is 0 Å². The molecule has 0 aliphatic heterocycles. The predicted octanol–water partition coefficient (Wildman–Crippen LogP) is 3.06. The SMILES string of the molecule is O=C(NCC1CC=CCC1)c1cccc(S)c1. The van der Waals surface area contributed by atoms with Gasteiger partial charge in [-0.3, -0.25) is 4.79 Å². The van der Waals surface area contributed by atoms with Gasteiger partial charge in [-0.2, -0.15) is 0 Å². The second-order valence-electron chi connectivity index (χ2n) is 4.41. The molecule has 1 amide bonds. The van der Waals surface area contributed by atoms with E-state index < -0.39 is 0 Å². The van der Waals surface area contributed by atoms with E-state index >= 15 is 0 Å². The lowest BCUT2D eigenvalue weighted by molar-refractivity contribution is 0.0946. The smallest absolute Gasteiger partial charge is 0.251 e. The van der Waals surface area contributed by atoms with Gasteiger partial charge >= 0.3 is 0 Å². The minimum absolute atomic E-state index is 0.00421. The number of carbonyl (C=O) groups is 1. The standard InChI is InChI=1S/C14H17NOS/c16-14(12-7-4-8-13(17)9-12)15-10-11-5-2-1-3-6-11/h1-2,4,7-9,11,17H,3,5-6,10H2,(H,15,16). The molecule has 0 spiro atoms. The van der Waals surface area contributed by atoms with Crippen molar-refractivity contribution in [3.63, 3.8) is 0 Å². The van der Waals surface area contributed by atoms with Crippen LogP contribution in [0.3, 0.4) is 0 Å². The third kappa shape index (κ3) is 3.63. The van der Waals surface area contributed by atoms with E-state index in [0.29, 0.717) is 11.5 Å². The van der Waals surface area contributed by atoms with Crippen LogP contribution in [0, 0.1) is 5.92 Å². The Hall–Kier alpha value is -1.22. The van der Waals surface area contributed by atoms with Crippen LogP contribution in [0.5, 0.6) is 0 Å².